The SMILES string of the molecule is C[N+](C)(C)CC(O)=S(=O)=O. The van der Waals surface area contributed by atoms with E-state index in [1.54, 1.807) is 21.1 Å². The Bertz CT molecular complexity index is 226. The summed E-state index contributed by atoms with van der Waals surface area (Å²) in [6.07, 6.45) is 0. The molecular weight excluding hydrogens is 154 g/mol. The first kappa shape index (κ1) is 9.61. The third kappa shape index (κ3) is 4.49. The number of likely N-dealkylation sites (N-methyl/N-ethyl adjacent to an activating group) is 1. The molecule has 0 saturated heterocycles. The second-order valence-corrected chi connectivity index (χ2v) is 4.02. The summed E-state index contributed by atoms with van der Waals surface area (Å²) < 4.78 is 20.6. The molecule has 10 heavy (non-hydrogen) atoms. The van der Waals surface area contributed by atoms with Gasteiger partial charge in [-0.25, -0.2) is 0 Å². The highest BCUT2D eigenvalue weighted by atomic mass is 32.2. The van der Waals surface area contributed by atoms with Crippen LogP contribution in [0.3, 0.4) is 0 Å². The molecule has 0 heterocycles. The fourth-order valence-corrected chi connectivity index (χ4v) is 0.951. The van der Waals surface area contributed by atoms with Crippen molar-refractivity contribution in [1.82, 2.24) is 0 Å². The van der Waals surface area contributed by atoms with Gasteiger partial charge in [-0.05, 0) is 0 Å². The number of nitrogens with zero attached hydrogens (tertiary/aromatic N) is 1. The third-order valence-corrected chi connectivity index (χ3v) is 1.32. The number of aliphatic hydroxyl groups excluding tert-OH is 1. The Kier molecular flexibility index (Phi) is 3.01. The molecular formula is C5H12NO3S+. The van der Waals surface area contributed by atoms with E-state index in [0.29, 0.717) is 4.48 Å². The van der Waals surface area contributed by atoms with Crippen LogP contribution in [0.1, 0.15) is 0 Å². The second-order valence-electron chi connectivity index (χ2n) is 3.08. The Hall–Kier alpha value is -0.390. The fourth-order valence-electron chi connectivity index (χ4n) is 0.458. The van der Waals surface area contributed by atoms with Crippen molar-refractivity contribution in [2.24, 2.45) is 0 Å². The van der Waals surface area contributed by atoms with E-state index in [0.717, 1.165) is 0 Å². The molecule has 0 aliphatic carbocycles. The minimum Gasteiger partial charge on any atom is -0.347 e. The zero-order valence-electron chi connectivity index (χ0n) is 6.33. The van der Waals surface area contributed by atoms with Crippen LogP contribution in [0.5, 0.6) is 0 Å². The van der Waals surface area contributed by atoms with E-state index in [2.05, 4.69) is 0 Å². The second kappa shape index (κ2) is 3.14. The highest BCUT2D eigenvalue weighted by molar-refractivity contribution is 7.72. The molecule has 4 nitrogen and oxygen atoms in total. The number of aliphatic hydroxyl groups is 1. The van der Waals surface area contributed by atoms with Gasteiger partial charge in [0.25, 0.3) is 0 Å². The standard InChI is InChI=1S/C5H11NO3S/c1-6(2,3)4-5(7)10(8)9/h4H2,1-3H3/p+1. The lowest BCUT2D eigenvalue weighted by Gasteiger charge is -2.21. The Balaban J connectivity index is 4.35. The molecule has 0 aliphatic rings. The van der Waals surface area contributed by atoms with E-state index in [9.17, 15) is 8.42 Å². The Morgan fingerprint density at radius 1 is 1.40 bits per heavy atom. The van der Waals surface area contributed by atoms with Crippen LogP contribution in [0.25, 0.3) is 0 Å². The van der Waals surface area contributed by atoms with Gasteiger partial charge in [-0.15, -0.1) is 0 Å². The summed E-state index contributed by atoms with van der Waals surface area (Å²) in [5, 5.41) is 8.26. The number of quaternary nitrogens is 1. The Morgan fingerprint density at radius 2 is 1.80 bits per heavy atom. The van der Waals surface area contributed by atoms with Gasteiger partial charge >= 0.3 is 0 Å². The molecule has 0 amide bonds. The molecule has 0 bridgehead atoms. The topological polar surface area (TPSA) is 54.4 Å². The predicted octanol–water partition coefficient (Wildman–Crippen LogP) is -0.740. The maximum Gasteiger partial charge on any atom is 0.246 e. The molecule has 0 rings (SSSR count). The van der Waals surface area contributed by atoms with E-state index >= 15 is 0 Å². The molecule has 0 spiro atoms. The van der Waals surface area contributed by atoms with Gasteiger partial charge in [0, 0.05) is 0 Å². The van der Waals surface area contributed by atoms with Crippen molar-refractivity contribution in [2.45, 2.75) is 0 Å². The number of hydrogen-bond acceptors (Lipinski definition) is 2. The van der Waals surface area contributed by atoms with Crippen molar-refractivity contribution >= 4 is 15.3 Å². The molecule has 1 N–H and O–H groups in total. The smallest absolute Gasteiger partial charge is 0.246 e. The molecule has 0 radical (unpaired) electrons. The first-order valence-corrected chi connectivity index (χ1v) is 3.85. The van der Waals surface area contributed by atoms with E-state index in [4.69, 9.17) is 5.11 Å². The van der Waals surface area contributed by atoms with Gasteiger partial charge in [-0.2, -0.15) is 8.42 Å². The van der Waals surface area contributed by atoms with Crippen LogP contribution < -0.4 is 0 Å². The van der Waals surface area contributed by atoms with Crippen LogP contribution in [0.4, 0.5) is 0 Å². The van der Waals surface area contributed by atoms with Crippen molar-refractivity contribution < 1.29 is 18.0 Å². The van der Waals surface area contributed by atoms with Gasteiger partial charge in [0.2, 0.25) is 15.3 Å². The molecule has 5 heteroatoms. The number of rotatable bonds is 2. The zero-order chi connectivity index (χ0) is 8.36. The van der Waals surface area contributed by atoms with Crippen LogP contribution in [0.2, 0.25) is 0 Å². The minimum absolute atomic E-state index is 0.135. The van der Waals surface area contributed by atoms with E-state index < -0.39 is 15.3 Å². The molecule has 0 atom stereocenters. The van der Waals surface area contributed by atoms with Gasteiger partial charge < -0.3 is 9.59 Å². The molecule has 0 aromatic carbocycles. The predicted molar refractivity (Wildman–Crippen MR) is 39.5 cm³/mol. The molecule has 0 saturated carbocycles. The van der Waals surface area contributed by atoms with Gasteiger partial charge in [-0.3, -0.25) is 0 Å². The lowest BCUT2D eigenvalue weighted by atomic mass is 10.5. The van der Waals surface area contributed by atoms with Crippen molar-refractivity contribution in [3.8, 4) is 0 Å². The monoisotopic (exact) mass is 166 g/mol. The fraction of sp³-hybridized carbons (Fsp3) is 0.800. The molecule has 0 aliphatic heterocycles. The number of hydrogen-bond donors (Lipinski definition) is 1. The Labute approximate surface area is 61.8 Å². The molecule has 60 valence electrons. The Morgan fingerprint density at radius 3 is 1.90 bits per heavy atom. The normalized spacial score (nSPS) is 11.2. The van der Waals surface area contributed by atoms with Crippen molar-refractivity contribution in [3.63, 3.8) is 0 Å². The average molecular weight is 166 g/mol. The highest BCUT2D eigenvalue weighted by Crippen LogP contribution is 1.87. The first-order valence-electron chi connectivity index (χ1n) is 2.77. The zero-order valence-corrected chi connectivity index (χ0v) is 7.14. The summed E-state index contributed by atoms with van der Waals surface area (Å²) in [7, 11) is 2.93. The largest absolute Gasteiger partial charge is 0.347 e. The summed E-state index contributed by atoms with van der Waals surface area (Å²) in [5.41, 5.74) is 0. The summed E-state index contributed by atoms with van der Waals surface area (Å²) in [4.78, 5) is 0. The molecule has 0 unspecified atom stereocenters. The first-order chi connectivity index (χ1) is 4.33. The van der Waals surface area contributed by atoms with E-state index in [-0.39, 0.29) is 6.54 Å². The highest BCUT2D eigenvalue weighted by Gasteiger charge is 2.10. The van der Waals surface area contributed by atoms with Crippen molar-refractivity contribution in [2.75, 3.05) is 27.7 Å². The van der Waals surface area contributed by atoms with Crippen LogP contribution in [-0.4, -0.2) is 50.7 Å². The molecule has 0 aromatic rings. The van der Waals surface area contributed by atoms with E-state index in [1.165, 1.54) is 0 Å². The van der Waals surface area contributed by atoms with Crippen molar-refractivity contribution in [1.29, 1.82) is 0 Å². The maximum atomic E-state index is 10.1. The lowest BCUT2D eigenvalue weighted by molar-refractivity contribution is -0.861. The van der Waals surface area contributed by atoms with E-state index in [1.807, 2.05) is 0 Å². The van der Waals surface area contributed by atoms with Crippen molar-refractivity contribution in [3.05, 3.63) is 0 Å². The van der Waals surface area contributed by atoms with Gasteiger partial charge in [0.1, 0.15) is 6.54 Å². The average Bonchev–Trinajstić information content (AvgIpc) is 1.60. The summed E-state index contributed by atoms with van der Waals surface area (Å²) >= 11 is 0. The van der Waals surface area contributed by atoms with Crippen LogP contribution in [0, 0.1) is 0 Å². The third-order valence-electron chi connectivity index (χ3n) is 0.802. The van der Waals surface area contributed by atoms with Gasteiger partial charge in [0.15, 0.2) is 0 Å². The van der Waals surface area contributed by atoms with Crippen LogP contribution in [-0.2, 0) is 10.3 Å². The summed E-state index contributed by atoms with van der Waals surface area (Å²) in [5.74, 6) is 0. The maximum absolute atomic E-state index is 10.1. The minimum atomic E-state index is -2.45. The lowest BCUT2D eigenvalue weighted by Crippen LogP contribution is -2.39. The van der Waals surface area contributed by atoms with Gasteiger partial charge in [-0.1, -0.05) is 0 Å². The van der Waals surface area contributed by atoms with Gasteiger partial charge in [0.05, 0.1) is 21.1 Å². The molecule has 0 aromatic heterocycles. The summed E-state index contributed by atoms with van der Waals surface area (Å²) in [6.45, 7) is 0.135. The molecule has 0 fully saturated rings. The summed E-state index contributed by atoms with van der Waals surface area (Å²) in [6, 6.07) is 0. The van der Waals surface area contributed by atoms with Crippen LogP contribution in [0.15, 0.2) is 0 Å². The van der Waals surface area contributed by atoms with Crippen LogP contribution >= 0.6 is 0 Å². The quantitative estimate of drug-likeness (QED) is 0.434.